The molecule has 1 aromatic rings. The number of hydrogen-bond acceptors (Lipinski definition) is 4. The summed E-state index contributed by atoms with van der Waals surface area (Å²) in [6.07, 6.45) is -0.168. The highest BCUT2D eigenvalue weighted by Crippen LogP contribution is 2.03. The van der Waals surface area contributed by atoms with E-state index in [0.717, 1.165) is 12.0 Å². The van der Waals surface area contributed by atoms with E-state index in [-0.39, 0.29) is 19.4 Å². The van der Waals surface area contributed by atoms with Crippen molar-refractivity contribution in [3.63, 3.8) is 0 Å². The number of carbonyl (C=O) groups is 3. The van der Waals surface area contributed by atoms with Crippen LogP contribution in [0.3, 0.4) is 0 Å². The van der Waals surface area contributed by atoms with Gasteiger partial charge in [0.05, 0.1) is 0 Å². The fourth-order valence-electron chi connectivity index (χ4n) is 2.05. The molecule has 0 saturated heterocycles. The number of carbonyl (C=O) groups excluding carboxylic acids is 2. The Bertz CT molecular complexity index is 560. The molecule has 0 aliphatic carbocycles. The van der Waals surface area contributed by atoms with E-state index in [0.29, 0.717) is 12.5 Å². The Labute approximate surface area is 147 Å². The lowest BCUT2D eigenvalue weighted by Crippen LogP contribution is -2.47. The first-order chi connectivity index (χ1) is 11.9. The van der Waals surface area contributed by atoms with Gasteiger partial charge in [-0.1, -0.05) is 44.2 Å². The Morgan fingerprint density at radius 3 is 2.40 bits per heavy atom. The third-order valence-corrected chi connectivity index (χ3v) is 3.49. The van der Waals surface area contributed by atoms with Crippen LogP contribution >= 0.6 is 0 Å². The van der Waals surface area contributed by atoms with Crippen LogP contribution in [0.5, 0.6) is 0 Å². The van der Waals surface area contributed by atoms with E-state index < -0.39 is 24.0 Å². The molecule has 1 atom stereocenters. The maximum atomic E-state index is 12.2. The van der Waals surface area contributed by atoms with Gasteiger partial charge in [0.15, 0.2) is 0 Å². The van der Waals surface area contributed by atoms with Crippen LogP contribution in [-0.2, 0) is 20.9 Å². The van der Waals surface area contributed by atoms with Crippen molar-refractivity contribution in [1.82, 2.24) is 10.6 Å². The molecular weight excluding hydrogens is 324 g/mol. The molecule has 3 N–H and O–H groups in total. The Kier molecular flexibility index (Phi) is 9.06. The van der Waals surface area contributed by atoms with Crippen LogP contribution in [0, 0.1) is 5.92 Å². The summed E-state index contributed by atoms with van der Waals surface area (Å²) >= 11 is 0. The van der Waals surface area contributed by atoms with Crippen molar-refractivity contribution in [1.29, 1.82) is 0 Å². The Hall–Kier alpha value is -2.57. The molecule has 0 heterocycles. The van der Waals surface area contributed by atoms with Gasteiger partial charge in [0.2, 0.25) is 5.91 Å². The second kappa shape index (κ2) is 11.1. The van der Waals surface area contributed by atoms with E-state index in [4.69, 9.17) is 9.84 Å². The third kappa shape index (κ3) is 9.34. The van der Waals surface area contributed by atoms with Crippen LogP contribution in [0.25, 0.3) is 0 Å². The minimum absolute atomic E-state index is 0.00326. The number of benzene rings is 1. The van der Waals surface area contributed by atoms with E-state index in [1.807, 2.05) is 44.2 Å². The number of hydrogen-bond donors (Lipinski definition) is 3. The van der Waals surface area contributed by atoms with E-state index in [9.17, 15) is 14.4 Å². The van der Waals surface area contributed by atoms with Crippen LogP contribution in [0.4, 0.5) is 4.79 Å². The van der Waals surface area contributed by atoms with Gasteiger partial charge in [-0.25, -0.2) is 4.79 Å². The lowest BCUT2D eigenvalue weighted by molar-refractivity contribution is -0.137. The molecule has 0 bridgehead atoms. The molecule has 0 spiro atoms. The van der Waals surface area contributed by atoms with Gasteiger partial charge in [-0.3, -0.25) is 9.59 Å². The zero-order valence-electron chi connectivity index (χ0n) is 14.7. The van der Waals surface area contributed by atoms with E-state index in [1.54, 1.807) is 0 Å². The normalized spacial score (nSPS) is 11.6. The molecule has 0 fully saturated rings. The highest BCUT2D eigenvalue weighted by atomic mass is 16.5. The third-order valence-electron chi connectivity index (χ3n) is 3.49. The number of amides is 2. The van der Waals surface area contributed by atoms with Gasteiger partial charge in [-0.05, 0) is 24.3 Å². The molecule has 0 aromatic heterocycles. The predicted molar refractivity (Wildman–Crippen MR) is 92.9 cm³/mol. The number of nitrogens with one attached hydrogen (secondary N) is 2. The van der Waals surface area contributed by atoms with Gasteiger partial charge in [-0.2, -0.15) is 0 Å². The fraction of sp³-hybridized carbons (Fsp3) is 0.500. The molecule has 0 saturated carbocycles. The molecule has 7 nitrogen and oxygen atoms in total. The molecule has 0 aliphatic rings. The zero-order valence-corrected chi connectivity index (χ0v) is 14.7. The number of carboxylic acids is 1. The van der Waals surface area contributed by atoms with Crippen LogP contribution < -0.4 is 10.6 Å². The molecule has 25 heavy (non-hydrogen) atoms. The summed E-state index contributed by atoms with van der Waals surface area (Å²) in [4.78, 5) is 34.8. The number of carboxylic acid groups (broad SMARTS) is 1. The van der Waals surface area contributed by atoms with Crippen LogP contribution in [0.2, 0.25) is 0 Å². The number of alkyl carbamates (subject to hydrolysis) is 1. The van der Waals surface area contributed by atoms with Crippen molar-refractivity contribution in [2.24, 2.45) is 5.92 Å². The minimum atomic E-state index is -1.03. The lowest BCUT2D eigenvalue weighted by Gasteiger charge is -2.18. The zero-order chi connectivity index (χ0) is 18.7. The SMILES string of the molecule is CC(C)CCNC(=O)C(CCC(=O)O)NC(=O)OCc1ccccc1. The maximum absolute atomic E-state index is 12.2. The number of ether oxygens (including phenoxy) is 1. The monoisotopic (exact) mass is 350 g/mol. The van der Waals surface area contributed by atoms with Crippen molar-refractivity contribution < 1.29 is 24.2 Å². The van der Waals surface area contributed by atoms with Crippen molar-refractivity contribution in [2.75, 3.05) is 6.54 Å². The van der Waals surface area contributed by atoms with Crippen LogP contribution in [0.1, 0.15) is 38.7 Å². The first-order valence-corrected chi connectivity index (χ1v) is 8.35. The summed E-state index contributed by atoms with van der Waals surface area (Å²) in [6.45, 7) is 4.62. The largest absolute Gasteiger partial charge is 0.481 e. The molecule has 0 aliphatic heterocycles. The molecular formula is C18H26N2O5. The molecule has 0 radical (unpaired) electrons. The highest BCUT2D eigenvalue weighted by Gasteiger charge is 2.22. The Morgan fingerprint density at radius 2 is 1.80 bits per heavy atom. The fourth-order valence-corrected chi connectivity index (χ4v) is 2.05. The second-order valence-corrected chi connectivity index (χ2v) is 6.16. The number of aliphatic carboxylic acids is 1. The first kappa shape index (κ1) is 20.5. The topological polar surface area (TPSA) is 105 Å². The Morgan fingerprint density at radius 1 is 1.12 bits per heavy atom. The van der Waals surface area contributed by atoms with E-state index >= 15 is 0 Å². The quantitative estimate of drug-likeness (QED) is 0.600. The van der Waals surface area contributed by atoms with Gasteiger partial charge in [0.1, 0.15) is 12.6 Å². The molecule has 1 aromatic carbocycles. The summed E-state index contributed by atoms with van der Waals surface area (Å²) in [6, 6.07) is 8.20. The van der Waals surface area contributed by atoms with Crippen molar-refractivity contribution in [3.8, 4) is 0 Å². The average Bonchev–Trinajstić information content (AvgIpc) is 2.57. The van der Waals surface area contributed by atoms with Gasteiger partial charge in [0.25, 0.3) is 0 Å². The number of rotatable bonds is 10. The van der Waals surface area contributed by atoms with Gasteiger partial charge in [0, 0.05) is 13.0 Å². The van der Waals surface area contributed by atoms with Gasteiger partial charge < -0.3 is 20.5 Å². The van der Waals surface area contributed by atoms with Crippen molar-refractivity contribution in [2.45, 2.75) is 45.8 Å². The van der Waals surface area contributed by atoms with Crippen molar-refractivity contribution >= 4 is 18.0 Å². The summed E-state index contributed by atoms with van der Waals surface area (Å²) in [5.74, 6) is -1.00. The molecule has 1 unspecified atom stereocenters. The average molecular weight is 350 g/mol. The summed E-state index contributed by atoms with van der Waals surface area (Å²) < 4.78 is 5.08. The standard InChI is InChI=1S/C18H26N2O5/c1-13(2)10-11-19-17(23)15(8-9-16(21)22)20-18(24)25-12-14-6-4-3-5-7-14/h3-7,13,15H,8-12H2,1-2H3,(H,19,23)(H,20,24)(H,21,22). The van der Waals surface area contributed by atoms with Crippen molar-refractivity contribution in [3.05, 3.63) is 35.9 Å². The van der Waals surface area contributed by atoms with Crippen LogP contribution in [-0.4, -0.2) is 35.7 Å². The van der Waals surface area contributed by atoms with Crippen LogP contribution in [0.15, 0.2) is 30.3 Å². The van der Waals surface area contributed by atoms with E-state index in [2.05, 4.69) is 10.6 Å². The highest BCUT2D eigenvalue weighted by molar-refractivity contribution is 5.86. The lowest BCUT2D eigenvalue weighted by atomic mass is 10.1. The van der Waals surface area contributed by atoms with Gasteiger partial charge >= 0.3 is 12.1 Å². The molecule has 7 heteroatoms. The summed E-state index contributed by atoms with van der Waals surface area (Å²) in [5.41, 5.74) is 0.820. The molecule has 1 rings (SSSR count). The van der Waals surface area contributed by atoms with Gasteiger partial charge in [-0.15, -0.1) is 0 Å². The first-order valence-electron chi connectivity index (χ1n) is 8.35. The summed E-state index contributed by atoms with van der Waals surface area (Å²) in [5, 5.41) is 14.0. The molecule has 138 valence electrons. The summed E-state index contributed by atoms with van der Waals surface area (Å²) in [7, 11) is 0. The minimum Gasteiger partial charge on any atom is -0.481 e. The maximum Gasteiger partial charge on any atom is 0.408 e. The smallest absolute Gasteiger partial charge is 0.408 e. The van der Waals surface area contributed by atoms with E-state index in [1.165, 1.54) is 0 Å². The second-order valence-electron chi connectivity index (χ2n) is 6.16. The predicted octanol–water partition coefficient (Wildman–Crippen LogP) is 2.31. The molecule has 2 amide bonds. The Balaban J connectivity index is 2.51.